The summed E-state index contributed by atoms with van der Waals surface area (Å²) in [6.07, 6.45) is 0. The summed E-state index contributed by atoms with van der Waals surface area (Å²) in [4.78, 5) is 2.42. The topological polar surface area (TPSA) is 41.3 Å². The van der Waals surface area contributed by atoms with E-state index in [2.05, 4.69) is 22.3 Å². The van der Waals surface area contributed by atoms with Gasteiger partial charge in [0.05, 0.1) is 6.04 Å². The Labute approximate surface area is 84.3 Å². The van der Waals surface area contributed by atoms with Crippen molar-refractivity contribution in [2.45, 2.75) is 19.9 Å². The average Bonchev–Trinajstić information content (AvgIpc) is 2.65. The number of aromatic nitrogens is 1. The molecule has 1 fully saturated rings. The minimum absolute atomic E-state index is 0.370. The van der Waals surface area contributed by atoms with Crippen molar-refractivity contribution in [1.82, 2.24) is 15.4 Å². The van der Waals surface area contributed by atoms with Crippen LogP contribution in [0.15, 0.2) is 10.6 Å². The summed E-state index contributed by atoms with van der Waals surface area (Å²) in [7, 11) is 0. The van der Waals surface area contributed by atoms with Gasteiger partial charge in [0, 0.05) is 32.2 Å². The van der Waals surface area contributed by atoms with E-state index >= 15 is 0 Å². The fraction of sp³-hybridized carbons (Fsp3) is 0.700. The molecule has 1 aliphatic rings. The Morgan fingerprint density at radius 1 is 1.50 bits per heavy atom. The van der Waals surface area contributed by atoms with Crippen molar-refractivity contribution in [3.8, 4) is 0 Å². The van der Waals surface area contributed by atoms with Crippen LogP contribution in [0.1, 0.15) is 24.4 Å². The van der Waals surface area contributed by atoms with Crippen molar-refractivity contribution >= 4 is 0 Å². The summed E-state index contributed by atoms with van der Waals surface area (Å²) in [6.45, 7) is 8.44. The highest BCUT2D eigenvalue weighted by atomic mass is 16.5. The van der Waals surface area contributed by atoms with Crippen LogP contribution in [0.3, 0.4) is 0 Å². The van der Waals surface area contributed by atoms with Crippen LogP contribution >= 0.6 is 0 Å². The lowest BCUT2D eigenvalue weighted by molar-refractivity contribution is 0.178. The van der Waals surface area contributed by atoms with Gasteiger partial charge in [-0.15, -0.1) is 0 Å². The molecule has 0 saturated carbocycles. The molecule has 4 heteroatoms. The maximum atomic E-state index is 5.08. The van der Waals surface area contributed by atoms with Crippen LogP contribution in [0.4, 0.5) is 0 Å². The molecule has 1 saturated heterocycles. The third kappa shape index (κ3) is 1.96. The Balaban J connectivity index is 2.03. The zero-order valence-electron chi connectivity index (χ0n) is 8.79. The standard InChI is InChI=1S/C10H17N3O/c1-8-7-10(12-14-8)9(2)13-5-3-11-4-6-13/h7,9,11H,3-6H2,1-2H3. The molecule has 0 aliphatic carbocycles. The molecule has 0 amide bonds. The second-order valence-electron chi connectivity index (χ2n) is 3.82. The molecule has 1 N–H and O–H groups in total. The zero-order chi connectivity index (χ0) is 9.97. The van der Waals surface area contributed by atoms with Gasteiger partial charge in [-0.2, -0.15) is 0 Å². The summed E-state index contributed by atoms with van der Waals surface area (Å²) in [5, 5.41) is 7.39. The van der Waals surface area contributed by atoms with E-state index < -0.39 is 0 Å². The summed E-state index contributed by atoms with van der Waals surface area (Å²) in [5.74, 6) is 0.891. The van der Waals surface area contributed by atoms with Gasteiger partial charge in [-0.1, -0.05) is 5.16 Å². The molecule has 78 valence electrons. The first-order valence-electron chi connectivity index (χ1n) is 5.15. The number of nitrogens with one attached hydrogen (secondary N) is 1. The van der Waals surface area contributed by atoms with E-state index in [0.717, 1.165) is 37.6 Å². The van der Waals surface area contributed by atoms with Gasteiger partial charge in [-0.25, -0.2) is 0 Å². The average molecular weight is 195 g/mol. The van der Waals surface area contributed by atoms with E-state index in [1.54, 1.807) is 0 Å². The third-order valence-corrected chi connectivity index (χ3v) is 2.77. The van der Waals surface area contributed by atoms with Crippen LogP contribution < -0.4 is 5.32 Å². The van der Waals surface area contributed by atoms with E-state index in [1.807, 2.05) is 13.0 Å². The van der Waals surface area contributed by atoms with Crippen LogP contribution in [0.5, 0.6) is 0 Å². The smallest absolute Gasteiger partial charge is 0.133 e. The first-order chi connectivity index (χ1) is 6.77. The van der Waals surface area contributed by atoms with Gasteiger partial charge < -0.3 is 9.84 Å². The van der Waals surface area contributed by atoms with Gasteiger partial charge in [0.25, 0.3) is 0 Å². The zero-order valence-corrected chi connectivity index (χ0v) is 8.79. The Morgan fingerprint density at radius 3 is 2.79 bits per heavy atom. The summed E-state index contributed by atoms with van der Waals surface area (Å²) in [5.41, 5.74) is 1.05. The largest absolute Gasteiger partial charge is 0.361 e. The molecule has 0 radical (unpaired) electrons. The van der Waals surface area contributed by atoms with E-state index in [1.165, 1.54) is 0 Å². The summed E-state index contributed by atoms with van der Waals surface area (Å²) >= 11 is 0. The predicted octanol–water partition coefficient (Wildman–Crippen LogP) is 0.949. The molecule has 4 nitrogen and oxygen atoms in total. The number of nitrogens with zero attached hydrogens (tertiary/aromatic N) is 2. The highest BCUT2D eigenvalue weighted by Gasteiger charge is 2.20. The van der Waals surface area contributed by atoms with Crippen LogP contribution in [-0.2, 0) is 0 Å². The first-order valence-corrected chi connectivity index (χ1v) is 5.15. The Morgan fingerprint density at radius 2 is 2.21 bits per heavy atom. The molecule has 1 unspecified atom stereocenters. The molecule has 1 aliphatic heterocycles. The van der Waals surface area contributed by atoms with Crippen molar-refractivity contribution < 1.29 is 4.52 Å². The fourth-order valence-electron chi connectivity index (χ4n) is 1.84. The second kappa shape index (κ2) is 4.11. The predicted molar refractivity (Wildman–Crippen MR) is 54.1 cm³/mol. The minimum atomic E-state index is 0.370. The van der Waals surface area contributed by atoms with Gasteiger partial charge in [-0.3, -0.25) is 4.90 Å². The van der Waals surface area contributed by atoms with E-state index in [4.69, 9.17) is 4.52 Å². The van der Waals surface area contributed by atoms with Gasteiger partial charge in [-0.05, 0) is 13.8 Å². The molecule has 0 bridgehead atoms. The maximum absolute atomic E-state index is 5.08. The highest BCUT2D eigenvalue weighted by molar-refractivity contribution is 5.08. The highest BCUT2D eigenvalue weighted by Crippen LogP contribution is 2.19. The van der Waals surface area contributed by atoms with E-state index in [9.17, 15) is 0 Å². The number of hydrogen-bond acceptors (Lipinski definition) is 4. The molecular formula is C10H17N3O. The van der Waals surface area contributed by atoms with Crippen molar-refractivity contribution in [2.75, 3.05) is 26.2 Å². The van der Waals surface area contributed by atoms with Crippen molar-refractivity contribution in [2.24, 2.45) is 0 Å². The number of rotatable bonds is 2. The Hall–Kier alpha value is -0.870. The monoisotopic (exact) mass is 195 g/mol. The molecule has 0 spiro atoms. The lowest BCUT2D eigenvalue weighted by atomic mass is 10.2. The van der Waals surface area contributed by atoms with E-state index in [0.29, 0.717) is 6.04 Å². The summed E-state index contributed by atoms with van der Waals surface area (Å²) < 4.78 is 5.08. The van der Waals surface area contributed by atoms with E-state index in [-0.39, 0.29) is 0 Å². The summed E-state index contributed by atoms with van der Waals surface area (Å²) in [6, 6.07) is 2.39. The lowest BCUT2D eigenvalue weighted by Gasteiger charge is -2.31. The quantitative estimate of drug-likeness (QED) is 0.763. The molecule has 1 aromatic rings. The van der Waals surface area contributed by atoms with Gasteiger partial charge in [0.15, 0.2) is 0 Å². The minimum Gasteiger partial charge on any atom is -0.361 e. The molecule has 1 atom stereocenters. The van der Waals surface area contributed by atoms with Gasteiger partial charge in [0.1, 0.15) is 11.5 Å². The van der Waals surface area contributed by atoms with Gasteiger partial charge >= 0.3 is 0 Å². The van der Waals surface area contributed by atoms with Crippen LogP contribution in [0.25, 0.3) is 0 Å². The lowest BCUT2D eigenvalue weighted by Crippen LogP contribution is -2.44. The molecule has 2 heterocycles. The first kappa shape index (κ1) is 9.68. The number of piperazine rings is 1. The SMILES string of the molecule is Cc1cc(C(C)N2CCNCC2)no1. The van der Waals surface area contributed by atoms with Crippen LogP contribution in [0.2, 0.25) is 0 Å². The molecule has 14 heavy (non-hydrogen) atoms. The molecular weight excluding hydrogens is 178 g/mol. The Kier molecular flexibility index (Phi) is 2.84. The Bertz CT molecular complexity index is 291. The number of hydrogen-bond donors (Lipinski definition) is 1. The maximum Gasteiger partial charge on any atom is 0.133 e. The number of aryl methyl sites for hydroxylation is 1. The van der Waals surface area contributed by atoms with Crippen LogP contribution in [-0.4, -0.2) is 36.2 Å². The normalized spacial score (nSPS) is 21.0. The molecule has 0 aromatic carbocycles. The third-order valence-electron chi connectivity index (χ3n) is 2.77. The van der Waals surface area contributed by atoms with Crippen molar-refractivity contribution in [1.29, 1.82) is 0 Å². The molecule has 1 aromatic heterocycles. The van der Waals surface area contributed by atoms with Crippen LogP contribution in [0, 0.1) is 6.92 Å². The molecule has 2 rings (SSSR count). The second-order valence-corrected chi connectivity index (χ2v) is 3.82. The fourth-order valence-corrected chi connectivity index (χ4v) is 1.84. The van der Waals surface area contributed by atoms with Gasteiger partial charge in [0.2, 0.25) is 0 Å². The van der Waals surface area contributed by atoms with Crippen molar-refractivity contribution in [3.63, 3.8) is 0 Å². The van der Waals surface area contributed by atoms with Crippen molar-refractivity contribution in [3.05, 3.63) is 17.5 Å².